The van der Waals surface area contributed by atoms with E-state index in [1.165, 1.54) is 11.1 Å². The summed E-state index contributed by atoms with van der Waals surface area (Å²) in [4.78, 5) is 11.6. The lowest BCUT2D eigenvalue weighted by atomic mass is 9.93. The van der Waals surface area contributed by atoms with Gasteiger partial charge in [0.25, 0.3) is 0 Å². The Bertz CT molecular complexity index is 392. The minimum Gasteiger partial charge on any atom is -0.349 e. The van der Waals surface area contributed by atoms with Gasteiger partial charge in [-0.3, -0.25) is 4.79 Å². The van der Waals surface area contributed by atoms with Crippen LogP contribution in [0.4, 0.5) is 0 Å². The number of nitrogens with one attached hydrogen (secondary N) is 1. The fourth-order valence-corrected chi connectivity index (χ4v) is 2.24. The number of benzene rings is 1. The summed E-state index contributed by atoms with van der Waals surface area (Å²) >= 11 is 0. The van der Waals surface area contributed by atoms with Crippen molar-refractivity contribution in [2.75, 3.05) is 0 Å². The Kier molecular flexibility index (Phi) is 6.07. The van der Waals surface area contributed by atoms with Gasteiger partial charge in [0.2, 0.25) is 5.91 Å². The lowest BCUT2D eigenvalue weighted by molar-refractivity contribution is -0.121. The van der Waals surface area contributed by atoms with Crippen LogP contribution in [0.15, 0.2) is 24.3 Å². The van der Waals surface area contributed by atoms with Crippen LogP contribution in [0, 0.1) is 11.8 Å². The molecule has 0 aliphatic carbocycles. The van der Waals surface area contributed by atoms with Gasteiger partial charge in [-0.25, -0.2) is 0 Å². The Hall–Kier alpha value is -1.31. The standard InChI is InChI=1S/C17H27NO/c1-6-16(19)18-17(13(4)5)15-9-7-14(8-10-15)11-12(2)3/h7-10,12-13,17H,6,11H2,1-5H3,(H,18,19). The van der Waals surface area contributed by atoms with E-state index in [-0.39, 0.29) is 11.9 Å². The fourth-order valence-electron chi connectivity index (χ4n) is 2.24. The fraction of sp³-hybridized carbons (Fsp3) is 0.588. The first-order valence-electron chi connectivity index (χ1n) is 7.32. The van der Waals surface area contributed by atoms with E-state index in [0.717, 1.165) is 6.42 Å². The highest BCUT2D eigenvalue weighted by atomic mass is 16.1. The van der Waals surface area contributed by atoms with Crippen LogP contribution in [-0.2, 0) is 11.2 Å². The second kappa shape index (κ2) is 7.32. The Morgan fingerprint density at radius 2 is 1.68 bits per heavy atom. The molecule has 1 amide bonds. The zero-order valence-corrected chi connectivity index (χ0v) is 12.9. The zero-order valence-electron chi connectivity index (χ0n) is 12.9. The molecule has 1 N–H and O–H groups in total. The minimum atomic E-state index is 0.112. The molecule has 2 heteroatoms. The van der Waals surface area contributed by atoms with Crippen LogP contribution < -0.4 is 5.32 Å². The molecule has 106 valence electrons. The molecule has 0 saturated heterocycles. The maximum atomic E-state index is 11.6. The Morgan fingerprint density at radius 1 is 1.11 bits per heavy atom. The molecule has 0 spiro atoms. The van der Waals surface area contributed by atoms with Crippen molar-refractivity contribution in [1.29, 1.82) is 0 Å². The zero-order chi connectivity index (χ0) is 14.4. The van der Waals surface area contributed by atoms with Crippen molar-refractivity contribution in [1.82, 2.24) is 5.32 Å². The van der Waals surface area contributed by atoms with Gasteiger partial charge in [0, 0.05) is 6.42 Å². The third-order valence-electron chi connectivity index (χ3n) is 3.29. The van der Waals surface area contributed by atoms with Gasteiger partial charge in [-0.15, -0.1) is 0 Å². The van der Waals surface area contributed by atoms with Crippen LogP contribution in [0.1, 0.15) is 58.2 Å². The smallest absolute Gasteiger partial charge is 0.220 e. The van der Waals surface area contributed by atoms with Gasteiger partial charge in [-0.2, -0.15) is 0 Å². The summed E-state index contributed by atoms with van der Waals surface area (Å²) < 4.78 is 0. The molecule has 0 fully saturated rings. The highest BCUT2D eigenvalue weighted by molar-refractivity contribution is 5.76. The molecule has 1 rings (SSSR count). The van der Waals surface area contributed by atoms with Crippen molar-refractivity contribution in [2.24, 2.45) is 11.8 Å². The van der Waals surface area contributed by atoms with Crippen LogP contribution in [0.5, 0.6) is 0 Å². The Balaban J connectivity index is 2.82. The Labute approximate surface area is 117 Å². The molecule has 0 heterocycles. The van der Waals surface area contributed by atoms with Gasteiger partial charge in [0.1, 0.15) is 0 Å². The second-order valence-electron chi connectivity index (χ2n) is 5.98. The van der Waals surface area contributed by atoms with E-state index < -0.39 is 0 Å². The van der Waals surface area contributed by atoms with E-state index in [0.29, 0.717) is 18.3 Å². The van der Waals surface area contributed by atoms with E-state index in [1.54, 1.807) is 0 Å². The summed E-state index contributed by atoms with van der Waals surface area (Å²) in [5, 5.41) is 3.10. The predicted molar refractivity (Wildman–Crippen MR) is 81.0 cm³/mol. The second-order valence-corrected chi connectivity index (χ2v) is 5.98. The molecule has 0 radical (unpaired) electrons. The summed E-state index contributed by atoms with van der Waals surface area (Å²) in [6.07, 6.45) is 1.64. The number of rotatable bonds is 6. The van der Waals surface area contributed by atoms with E-state index in [2.05, 4.69) is 57.3 Å². The highest BCUT2D eigenvalue weighted by Gasteiger charge is 2.17. The summed E-state index contributed by atoms with van der Waals surface area (Å²) in [7, 11) is 0. The number of carbonyl (C=O) groups excluding carboxylic acids is 1. The minimum absolute atomic E-state index is 0.112. The lowest BCUT2D eigenvalue weighted by Gasteiger charge is -2.23. The summed E-state index contributed by atoms with van der Waals surface area (Å²) in [5.41, 5.74) is 2.56. The molecule has 0 aliphatic heterocycles. The van der Waals surface area contributed by atoms with Crippen LogP contribution in [0.25, 0.3) is 0 Å². The molecule has 1 atom stereocenters. The third kappa shape index (κ3) is 5.06. The average Bonchev–Trinajstić information content (AvgIpc) is 2.35. The van der Waals surface area contributed by atoms with E-state index in [1.807, 2.05) is 6.92 Å². The van der Waals surface area contributed by atoms with E-state index in [9.17, 15) is 4.79 Å². The summed E-state index contributed by atoms with van der Waals surface area (Å²) in [5.74, 6) is 1.18. The van der Waals surface area contributed by atoms with E-state index >= 15 is 0 Å². The molecule has 0 bridgehead atoms. The predicted octanol–water partition coefficient (Wildman–Crippen LogP) is 4.11. The van der Waals surface area contributed by atoms with Gasteiger partial charge in [0.05, 0.1) is 6.04 Å². The van der Waals surface area contributed by atoms with Gasteiger partial charge in [-0.05, 0) is 29.4 Å². The van der Waals surface area contributed by atoms with Crippen molar-refractivity contribution in [3.8, 4) is 0 Å². The molecule has 2 nitrogen and oxygen atoms in total. The molecular formula is C17H27NO. The summed E-state index contributed by atoms with van der Waals surface area (Å²) in [6.45, 7) is 10.6. The molecular weight excluding hydrogens is 234 g/mol. The highest BCUT2D eigenvalue weighted by Crippen LogP contribution is 2.22. The topological polar surface area (TPSA) is 29.1 Å². The van der Waals surface area contributed by atoms with Crippen molar-refractivity contribution >= 4 is 5.91 Å². The summed E-state index contributed by atoms with van der Waals surface area (Å²) in [6, 6.07) is 8.78. The first-order chi connectivity index (χ1) is 8.93. The third-order valence-corrected chi connectivity index (χ3v) is 3.29. The maximum Gasteiger partial charge on any atom is 0.220 e. The Morgan fingerprint density at radius 3 is 2.11 bits per heavy atom. The molecule has 0 aliphatic rings. The number of carbonyl (C=O) groups is 1. The largest absolute Gasteiger partial charge is 0.349 e. The number of hydrogen-bond donors (Lipinski definition) is 1. The lowest BCUT2D eigenvalue weighted by Crippen LogP contribution is -2.31. The van der Waals surface area contributed by atoms with Crippen molar-refractivity contribution in [2.45, 2.75) is 53.5 Å². The van der Waals surface area contributed by atoms with Crippen LogP contribution >= 0.6 is 0 Å². The normalized spacial score (nSPS) is 12.8. The molecule has 19 heavy (non-hydrogen) atoms. The van der Waals surface area contributed by atoms with Crippen molar-refractivity contribution < 1.29 is 4.79 Å². The first kappa shape index (κ1) is 15.7. The molecule has 0 aromatic heterocycles. The number of amides is 1. The van der Waals surface area contributed by atoms with E-state index in [4.69, 9.17) is 0 Å². The first-order valence-corrected chi connectivity index (χ1v) is 7.32. The van der Waals surface area contributed by atoms with Gasteiger partial charge in [0.15, 0.2) is 0 Å². The monoisotopic (exact) mass is 261 g/mol. The van der Waals surface area contributed by atoms with Crippen molar-refractivity contribution in [3.05, 3.63) is 35.4 Å². The van der Waals surface area contributed by atoms with Crippen molar-refractivity contribution in [3.63, 3.8) is 0 Å². The van der Waals surface area contributed by atoms with Crippen LogP contribution in [0.2, 0.25) is 0 Å². The number of hydrogen-bond acceptors (Lipinski definition) is 1. The molecule has 1 unspecified atom stereocenters. The molecule has 0 saturated carbocycles. The molecule has 1 aromatic rings. The van der Waals surface area contributed by atoms with Gasteiger partial charge in [-0.1, -0.05) is 58.9 Å². The van der Waals surface area contributed by atoms with Crippen LogP contribution in [0.3, 0.4) is 0 Å². The maximum absolute atomic E-state index is 11.6. The quantitative estimate of drug-likeness (QED) is 0.820. The van der Waals surface area contributed by atoms with Crippen LogP contribution in [-0.4, -0.2) is 5.91 Å². The van der Waals surface area contributed by atoms with Gasteiger partial charge >= 0.3 is 0 Å². The SMILES string of the molecule is CCC(=O)NC(c1ccc(CC(C)C)cc1)C(C)C. The van der Waals surface area contributed by atoms with Gasteiger partial charge < -0.3 is 5.32 Å². The molecule has 1 aromatic carbocycles. The average molecular weight is 261 g/mol.